The van der Waals surface area contributed by atoms with E-state index in [1.165, 1.54) is 0 Å². The van der Waals surface area contributed by atoms with Crippen LogP contribution >= 0.6 is 31.9 Å². The fraction of sp³-hybridized carbons (Fsp3) is 0.0833. The molecule has 1 aliphatic rings. The Kier molecular flexibility index (Phi) is 5.05. The zero-order valence-electron chi connectivity index (χ0n) is 15.8. The van der Waals surface area contributed by atoms with Crippen molar-refractivity contribution in [3.05, 3.63) is 103 Å². The van der Waals surface area contributed by atoms with Crippen molar-refractivity contribution < 1.29 is 0 Å². The topological polar surface area (TPSA) is 57.2 Å². The minimum absolute atomic E-state index is 0.0266. The van der Waals surface area contributed by atoms with Crippen LogP contribution in [0.5, 0.6) is 0 Å². The Labute approximate surface area is 190 Å². The summed E-state index contributed by atoms with van der Waals surface area (Å²) in [5.74, 6) is 0. The second kappa shape index (κ2) is 7.85. The molecule has 0 saturated carbocycles. The van der Waals surface area contributed by atoms with Crippen molar-refractivity contribution in [3.63, 3.8) is 0 Å². The van der Waals surface area contributed by atoms with E-state index in [1.807, 2.05) is 60.7 Å². The van der Waals surface area contributed by atoms with E-state index < -0.39 is 0 Å². The molecule has 148 valence electrons. The maximum Gasteiger partial charge on any atom is 0.258 e. The molecule has 1 unspecified atom stereocenters. The van der Waals surface area contributed by atoms with E-state index in [-0.39, 0.29) is 11.6 Å². The number of rotatable bonds is 3. The first-order valence-corrected chi connectivity index (χ1v) is 11.2. The zero-order valence-corrected chi connectivity index (χ0v) is 19.0. The molecule has 5 rings (SSSR count). The lowest BCUT2D eigenvalue weighted by atomic mass is 9.91. The van der Waals surface area contributed by atoms with Crippen LogP contribution in [0.1, 0.15) is 23.6 Å². The summed E-state index contributed by atoms with van der Waals surface area (Å²) >= 11 is 7.11. The molecular formula is C24H17Br2N3O. The molecule has 30 heavy (non-hydrogen) atoms. The number of benzene rings is 3. The van der Waals surface area contributed by atoms with Crippen LogP contribution in [-0.4, -0.2) is 10.7 Å². The molecule has 4 nitrogen and oxygen atoms in total. The third-order valence-corrected chi connectivity index (χ3v) is 6.32. The quantitative estimate of drug-likeness (QED) is 0.338. The van der Waals surface area contributed by atoms with E-state index in [1.54, 1.807) is 0 Å². The smallest absolute Gasteiger partial charge is 0.258 e. The van der Waals surface area contributed by atoms with E-state index in [4.69, 9.17) is 0 Å². The number of nitrogens with zero attached hydrogens (tertiary/aromatic N) is 1. The SMILES string of the molecule is O=c1[nH]c2ccc(Br)cc2c(-c2ccccc2)c1C1=NNC(c2cccc(Br)c2)C1. The van der Waals surface area contributed by atoms with Gasteiger partial charge < -0.3 is 10.4 Å². The summed E-state index contributed by atoms with van der Waals surface area (Å²) in [6.07, 6.45) is 0.638. The van der Waals surface area contributed by atoms with Crippen LogP contribution in [-0.2, 0) is 0 Å². The number of pyridine rings is 1. The minimum atomic E-state index is -0.126. The molecule has 6 heteroatoms. The lowest BCUT2D eigenvalue weighted by Crippen LogP contribution is -2.20. The highest BCUT2D eigenvalue weighted by molar-refractivity contribution is 9.10. The van der Waals surface area contributed by atoms with Crippen molar-refractivity contribution in [1.82, 2.24) is 10.4 Å². The Balaban J connectivity index is 1.68. The molecule has 4 aromatic rings. The summed E-state index contributed by atoms with van der Waals surface area (Å²) in [6, 6.07) is 24.1. The highest BCUT2D eigenvalue weighted by Gasteiger charge is 2.27. The first-order valence-electron chi connectivity index (χ1n) is 9.59. The van der Waals surface area contributed by atoms with Crippen LogP contribution in [0.3, 0.4) is 0 Å². The fourth-order valence-corrected chi connectivity index (χ4v) is 4.74. The van der Waals surface area contributed by atoms with Gasteiger partial charge in [-0.3, -0.25) is 4.79 Å². The molecule has 2 heterocycles. The molecule has 1 aromatic heterocycles. The van der Waals surface area contributed by atoms with E-state index in [0.29, 0.717) is 12.0 Å². The second-order valence-electron chi connectivity index (χ2n) is 7.26. The number of hydrogen-bond acceptors (Lipinski definition) is 3. The number of nitrogens with one attached hydrogen (secondary N) is 2. The zero-order chi connectivity index (χ0) is 20.7. The predicted octanol–water partition coefficient (Wildman–Crippen LogP) is 6.16. The van der Waals surface area contributed by atoms with Crippen LogP contribution in [0.15, 0.2) is 91.6 Å². The van der Waals surface area contributed by atoms with Gasteiger partial charge in [0.2, 0.25) is 0 Å². The normalized spacial score (nSPS) is 15.8. The van der Waals surface area contributed by atoms with Gasteiger partial charge in [-0.25, -0.2) is 0 Å². The Morgan fingerprint density at radius 3 is 2.47 bits per heavy atom. The van der Waals surface area contributed by atoms with Crippen LogP contribution in [0, 0.1) is 0 Å². The molecule has 0 radical (unpaired) electrons. The summed E-state index contributed by atoms with van der Waals surface area (Å²) in [5.41, 5.74) is 8.32. The van der Waals surface area contributed by atoms with Crippen molar-refractivity contribution in [3.8, 4) is 11.1 Å². The van der Waals surface area contributed by atoms with Gasteiger partial charge in [-0.2, -0.15) is 5.10 Å². The molecule has 0 amide bonds. The predicted molar refractivity (Wildman–Crippen MR) is 129 cm³/mol. The molecule has 0 fully saturated rings. The summed E-state index contributed by atoms with van der Waals surface area (Å²) < 4.78 is 1.98. The number of H-pyrrole nitrogens is 1. The largest absolute Gasteiger partial charge is 0.321 e. The van der Waals surface area contributed by atoms with Gasteiger partial charge in [0.1, 0.15) is 0 Å². The Morgan fingerprint density at radius 1 is 0.867 bits per heavy atom. The summed E-state index contributed by atoms with van der Waals surface area (Å²) in [4.78, 5) is 16.3. The van der Waals surface area contributed by atoms with Crippen LogP contribution < -0.4 is 11.0 Å². The fourth-order valence-electron chi connectivity index (χ4n) is 3.96. The Bertz CT molecular complexity index is 1350. The van der Waals surface area contributed by atoms with E-state index >= 15 is 0 Å². The first-order chi connectivity index (χ1) is 14.6. The third-order valence-electron chi connectivity index (χ3n) is 5.33. The number of aromatic amines is 1. The third kappa shape index (κ3) is 3.50. The van der Waals surface area contributed by atoms with Crippen molar-refractivity contribution in [1.29, 1.82) is 0 Å². The van der Waals surface area contributed by atoms with Crippen molar-refractivity contribution >= 4 is 48.5 Å². The minimum Gasteiger partial charge on any atom is -0.321 e. The average Bonchev–Trinajstić information content (AvgIpc) is 3.23. The van der Waals surface area contributed by atoms with Gasteiger partial charge in [0, 0.05) is 31.8 Å². The van der Waals surface area contributed by atoms with Crippen molar-refractivity contribution in [2.24, 2.45) is 5.10 Å². The van der Waals surface area contributed by atoms with Gasteiger partial charge in [0.15, 0.2) is 0 Å². The number of aromatic nitrogens is 1. The highest BCUT2D eigenvalue weighted by atomic mass is 79.9. The number of fused-ring (bicyclic) bond motifs is 1. The highest BCUT2D eigenvalue weighted by Crippen LogP contribution is 2.34. The number of halogens is 2. The van der Waals surface area contributed by atoms with E-state index in [2.05, 4.69) is 59.5 Å². The molecule has 0 aliphatic carbocycles. The van der Waals surface area contributed by atoms with Crippen LogP contribution in [0.25, 0.3) is 22.0 Å². The number of hydrazone groups is 1. The summed E-state index contributed by atoms with van der Waals surface area (Å²) in [7, 11) is 0. The molecule has 1 atom stereocenters. The lowest BCUT2D eigenvalue weighted by molar-refractivity contribution is 0.620. The molecule has 2 N–H and O–H groups in total. The Morgan fingerprint density at radius 2 is 1.67 bits per heavy atom. The molecule has 0 saturated heterocycles. The maximum atomic E-state index is 13.2. The van der Waals surface area contributed by atoms with Gasteiger partial charge in [-0.15, -0.1) is 0 Å². The monoisotopic (exact) mass is 521 g/mol. The van der Waals surface area contributed by atoms with Crippen molar-refractivity contribution in [2.75, 3.05) is 0 Å². The van der Waals surface area contributed by atoms with Crippen LogP contribution in [0.2, 0.25) is 0 Å². The molecular weight excluding hydrogens is 506 g/mol. The molecule has 0 spiro atoms. The van der Waals surface area contributed by atoms with Crippen molar-refractivity contribution in [2.45, 2.75) is 12.5 Å². The molecule has 0 bridgehead atoms. The lowest BCUT2D eigenvalue weighted by Gasteiger charge is -2.14. The standard InChI is InChI=1S/C24H17Br2N3O/c25-16-8-4-7-15(11-16)20-13-21(29-28-20)23-22(14-5-2-1-3-6-14)18-12-17(26)9-10-19(18)27-24(23)30/h1-12,20,28H,13H2,(H,27,30). The van der Waals surface area contributed by atoms with E-state index in [9.17, 15) is 4.79 Å². The molecule has 3 aromatic carbocycles. The number of hydrogen-bond donors (Lipinski definition) is 2. The molecule has 1 aliphatic heterocycles. The van der Waals surface area contributed by atoms with E-state index in [0.717, 1.165) is 42.3 Å². The van der Waals surface area contributed by atoms with Crippen LogP contribution in [0.4, 0.5) is 0 Å². The second-order valence-corrected chi connectivity index (χ2v) is 9.09. The van der Waals surface area contributed by atoms with Gasteiger partial charge in [0.25, 0.3) is 5.56 Å². The first kappa shape index (κ1) is 19.3. The average molecular weight is 523 g/mol. The summed E-state index contributed by atoms with van der Waals surface area (Å²) in [5, 5.41) is 5.57. The Hall–Kier alpha value is -2.70. The summed E-state index contributed by atoms with van der Waals surface area (Å²) in [6.45, 7) is 0. The maximum absolute atomic E-state index is 13.2. The van der Waals surface area contributed by atoms with Gasteiger partial charge in [-0.05, 0) is 41.5 Å². The van der Waals surface area contributed by atoms with Gasteiger partial charge >= 0.3 is 0 Å². The van der Waals surface area contributed by atoms with Gasteiger partial charge in [0.05, 0.1) is 17.3 Å². The van der Waals surface area contributed by atoms with Gasteiger partial charge in [-0.1, -0.05) is 74.3 Å².